The van der Waals surface area contributed by atoms with Crippen molar-refractivity contribution in [2.45, 2.75) is 57.2 Å². The number of benzene rings is 2. The highest BCUT2D eigenvalue weighted by Crippen LogP contribution is 2.55. The average molecular weight is 501 g/mol. The summed E-state index contributed by atoms with van der Waals surface area (Å²) in [5.74, 6) is 4.08. The second-order valence-corrected chi connectivity index (χ2v) is 10.7. The van der Waals surface area contributed by atoms with Gasteiger partial charge >= 0.3 is 0 Å². The van der Waals surface area contributed by atoms with E-state index in [2.05, 4.69) is 21.2 Å². The molecule has 4 aliphatic carbocycles. The first-order valence-electron chi connectivity index (χ1n) is 11.4. The maximum atomic E-state index is 10.9. The lowest BCUT2D eigenvalue weighted by Crippen LogP contribution is -2.58. The van der Waals surface area contributed by atoms with Crippen LogP contribution in [-0.4, -0.2) is 17.6 Å². The molecule has 2 aromatic carbocycles. The summed E-state index contributed by atoms with van der Waals surface area (Å²) in [6.45, 7) is 1.04. The minimum Gasteiger partial charge on any atom is -0.493 e. The van der Waals surface area contributed by atoms with Crippen LogP contribution in [0.2, 0.25) is 0 Å². The fourth-order valence-electron chi connectivity index (χ4n) is 6.54. The lowest BCUT2D eigenvalue weighted by Gasteiger charge is -2.57. The molecule has 4 saturated carbocycles. The number of hydrogen-bond acceptors (Lipinski definition) is 5. The van der Waals surface area contributed by atoms with E-state index < -0.39 is 4.92 Å². The third-order valence-electron chi connectivity index (χ3n) is 7.60. The smallest absolute Gasteiger partial charge is 0.269 e. The van der Waals surface area contributed by atoms with Gasteiger partial charge in [-0.15, -0.1) is 0 Å². The van der Waals surface area contributed by atoms with E-state index >= 15 is 0 Å². The van der Waals surface area contributed by atoms with E-state index in [1.807, 2.05) is 12.1 Å². The van der Waals surface area contributed by atoms with Crippen LogP contribution in [-0.2, 0) is 13.2 Å². The molecule has 0 amide bonds. The van der Waals surface area contributed by atoms with Crippen LogP contribution in [0.15, 0.2) is 40.9 Å². The van der Waals surface area contributed by atoms with Crippen molar-refractivity contribution in [1.82, 2.24) is 5.32 Å². The van der Waals surface area contributed by atoms with Gasteiger partial charge in [-0.3, -0.25) is 10.1 Å². The highest BCUT2D eigenvalue weighted by Gasteiger charge is 2.50. The Bertz CT molecular complexity index is 972. The molecule has 6 rings (SSSR count). The lowest BCUT2D eigenvalue weighted by atomic mass is 9.53. The maximum Gasteiger partial charge on any atom is 0.269 e. The average Bonchev–Trinajstić information content (AvgIpc) is 2.76. The predicted molar refractivity (Wildman–Crippen MR) is 126 cm³/mol. The van der Waals surface area contributed by atoms with Gasteiger partial charge in [-0.1, -0.05) is 15.9 Å². The minimum atomic E-state index is -0.393. The quantitative estimate of drug-likeness (QED) is 0.355. The van der Waals surface area contributed by atoms with Crippen molar-refractivity contribution in [1.29, 1.82) is 0 Å². The highest BCUT2D eigenvalue weighted by molar-refractivity contribution is 9.10. The Morgan fingerprint density at radius 1 is 1.06 bits per heavy atom. The maximum absolute atomic E-state index is 10.9. The number of methoxy groups -OCH3 is 1. The van der Waals surface area contributed by atoms with Gasteiger partial charge in [0.1, 0.15) is 6.61 Å². The largest absolute Gasteiger partial charge is 0.493 e. The van der Waals surface area contributed by atoms with Gasteiger partial charge in [0.2, 0.25) is 0 Å². The topological polar surface area (TPSA) is 73.6 Å². The molecule has 2 aromatic rings. The molecule has 6 nitrogen and oxygen atoms in total. The van der Waals surface area contributed by atoms with E-state index in [0.29, 0.717) is 12.4 Å². The third kappa shape index (κ3) is 4.25. The molecule has 4 fully saturated rings. The Hall–Kier alpha value is -2.12. The molecule has 0 atom stereocenters. The Morgan fingerprint density at radius 2 is 1.69 bits per heavy atom. The van der Waals surface area contributed by atoms with Crippen molar-refractivity contribution >= 4 is 21.6 Å². The Morgan fingerprint density at radius 3 is 2.25 bits per heavy atom. The Balaban J connectivity index is 1.34. The number of nitro benzene ring substituents is 1. The monoisotopic (exact) mass is 500 g/mol. The van der Waals surface area contributed by atoms with Crippen LogP contribution in [0.25, 0.3) is 0 Å². The molecule has 1 N–H and O–H groups in total. The van der Waals surface area contributed by atoms with Crippen molar-refractivity contribution in [3.63, 3.8) is 0 Å². The van der Waals surface area contributed by atoms with Crippen LogP contribution in [0, 0.1) is 27.9 Å². The van der Waals surface area contributed by atoms with Crippen molar-refractivity contribution in [2.24, 2.45) is 17.8 Å². The predicted octanol–water partition coefficient (Wildman–Crippen LogP) is 6.00. The van der Waals surface area contributed by atoms with Crippen LogP contribution < -0.4 is 14.8 Å². The molecule has 0 unspecified atom stereocenters. The first-order valence-corrected chi connectivity index (χ1v) is 12.2. The van der Waals surface area contributed by atoms with E-state index in [1.54, 1.807) is 19.2 Å². The number of hydrogen-bond donors (Lipinski definition) is 1. The fourth-order valence-corrected chi connectivity index (χ4v) is 6.99. The second kappa shape index (κ2) is 8.67. The molecule has 7 heteroatoms. The van der Waals surface area contributed by atoms with Gasteiger partial charge in [0.15, 0.2) is 11.5 Å². The summed E-state index contributed by atoms with van der Waals surface area (Å²) in [6, 6.07) is 10.4. The fraction of sp³-hybridized carbons (Fsp3) is 0.520. The normalized spacial score (nSPS) is 28.0. The van der Waals surface area contributed by atoms with Crippen LogP contribution in [0.5, 0.6) is 11.5 Å². The van der Waals surface area contributed by atoms with Crippen molar-refractivity contribution in [3.8, 4) is 11.5 Å². The van der Waals surface area contributed by atoms with Crippen molar-refractivity contribution in [2.75, 3.05) is 7.11 Å². The molecule has 0 heterocycles. The summed E-state index contributed by atoms with van der Waals surface area (Å²) in [4.78, 5) is 10.5. The number of ether oxygens (including phenoxy) is 2. The molecule has 0 aromatic heterocycles. The molecule has 0 radical (unpaired) electrons. The summed E-state index contributed by atoms with van der Waals surface area (Å²) < 4.78 is 12.8. The zero-order valence-corrected chi connectivity index (χ0v) is 19.9. The van der Waals surface area contributed by atoms with Gasteiger partial charge in [0.05, 0.1) is 12.0 Å². The van der Waals surface area contributed by atoms with E-state index in [-0.39, 0.29) is 11.2 Å². The van der Waals surface area contributed by atoms with Gasteiger partial charge in [-0.2, -0.15) is 0 Å². The molecule has 32 heavy (non-hydrogen) atoms. The van der Waals surface area contributed by atoms with Crippen LogP contribution in [0.3, 0.4) is 0 Å². The van der Waals surface area contributed by atoms with Gasteiger partial charge < -0.3 is 14.8 Å². The highest BCUT2D eigenvalue weighted by atomic mass is 79.9. The van der Waals surface area contributed by atoms with E-state index in [9.17, 15) is 10.1 Å². The van der Waals surface area contributed by atoms with Gasteiger partial charge in [0, 0.05) is 34.3 Å². The number of non-ortho nitro benzene ring substituents is 1. The number of nitrogens with zero attached hydrogens (tertiary/aromatic N) is 1. The van der Waals surface area contributed by atoms with Gasteiger partial charge in [-0.05, 0) is 86.1 Å². The zero-order valence-electron chi connectivity index (χ0n) is 18.3. The summed E-state index contributed by atoms with van der Waals surface area (Å²) in [7, 11) is 1.65. The van der Waals surface area contributed by atoms with E-state index in [1.165, 1.54) is 50.7 Å². The standard InChI is InChI=1S/C25H29BrN2O4/c1-31-23-7-6-22(26)21(24(23)32-15-16-2-4-20(5-3-16)28(29)30)14-27-25-11-17-8-18(12-25)10-19(9-17)13-25/h2-7,17-19,27H,8-15H2,1H3. The number of nitrogens with one attached hydrogen (secondary N) is 1. The number of nitro groups is 1. The molecule has 0 saturated heterocycles. The second-order valence-electron chi connectivity index (χ2n) is 9.82. The van der Waals surface area contributed by atoms with Crippen LogP contribution >= 0.6 is 15.9 Å². The van der Waals surface area contributed by atoms with Crippen molar-refractivity contribution < 1.29 is 14.4 Å². The molecule has 170 valence electrons. The molecular weight excluding hydrogens is 472 g/mol. The third-order valence-corrected chi connectivity index (χ3v) is 8.34. The SMILES string of the molecule is COc1ccc(Br)c(CNC23CC4CC(CC(C4)C2)C3)c1OCc1ccc([N+](=O)[O-])cc1. The van der Waals surface area contributed by atoms with Crippen molar-refractivity contribution in [3.05, 3.63) is 62.1 Å². The number of halogens is 1. The molecule has 0 spiro atoms. The van der Waals surface area contributed by atoms with E-state index in [0.717, 1.165) is 45.6 Å². The summed E-state index contributed by atoms with van der Waals surface area (Å²) in [5, 5.41) is 14.9. The summed E-state index contributed by atoms with van der Waals surface area (Å²) in [6.07, 6.45) is 8.15. The van der Waals surface area contributed by atoms with Gasteiger partial charge in [-0.25, -0.2) is 0 Å². The Kier molecular flexibility index (Phi) is 5.88. The van der Waals surface area contributed by atoms with Gasteiger partial charge in [0.25, 0.3) is 5.69 Å². The molecule has 4 aliphatic rings. The molecular formula is C25H29BrN2O4. The van der Waals surface area contributed by atoms with E-state index in [4.69, 9.17) is 9.47 Å². The molecule has 4 bridgehead atoms. The van der Waals surface area contributed by atoms with Crippen LogP contribution in [0.1, 0.15) is 49.7 Å². The lowest BCUT2D eigenvalue weighted by molar-refractivity contribution is -0.384. The summed E-state index contributed by atoms with van der Waals surface area (Å²) >= 11 is 3.72. The Labute approximate surface area is 197 Å². The number of rotatable bonds is 8. The molecule has 0 aliphatic heterocycles. The minimum absolute atomic E-state index is 0.0780. The zero-order chi connectivity index (χ0) is 22.3. The first-order chi connectivity index (χ1) is 15.4. The van der Waals surface area contributed by atoms with Crippen LogP contribution in [0.4, 0.5) is 5.69 Å². The first kappa shape index (κ1) is 21.7. The summed E-state index contributed by atoms with van der Waals surface area (Å²) in [5.41, 5.74) is 2.27.